The molecule has 3 heteroatoms. The van der Waals surface area contributed by atoms with Crippen LogP contribution in [0, 0.1) is 12.8 Å². The van der Waals surface area contributed by atoms with Crippen molar-refractivity contribution in [1.29, 1.82) is 0 Å². The van der Waals surface area contributed by atoms with Crippen LogP contribution < -0.4 is 5.32 Å². The van der Waals surface area contributed by atoms with Gasteiger partial charge in [0.05, 0.1) is 5.92 Å². The largest absolute Gasteiger partial charge is 0.453 e. The molecular formula is C13H13NO2. The average Bonchev–Trinajstić information content (AvgIpc) is 2.60. The minimum absolute atomic E-state index is 0.0980. The first-order valence-corrected chi connectivity index (χ1v) is 5.50. The summed E-state index contributed by atoms with van der Waals surface area (Å²) < 4.78 is 5.64. The number of ketones is 1. The Morgan fingerprint density at radius 2 is 2.25 bits per heavy atom. The number of para-hydroxylation sites is 1. The molecule has 1 aromatic carbocycles. The van der Waals surface area contributed by atoms with E-state index in [0.717, 1.165) is 29.6 Å². The van der Waals surface area contributed by atoms with Gasteiger partial charge in [-0.25, -0.2) is 0 Å². The maximum atomic E-state index is 12.0. The van der Waals surface area contributed by atoms with Crippen molar-refractivity contribution in [2.45, 2.75) is 6.92 Å². The van der Waals surface area contributed by atoms with Gasteiger partial charge in [-0.3, -0.25) is 4.79 Å². The smallest absolute Gasteiger partial charge is 0.203 e. The van der Waals surface area contributed by atoms with Crippen LogP contribution in [0.15, 0.2) is 28.7 Å². The molecule has 0 aliphatic carbocycles. The Kier molecular flexibility index (Phi) is 2.07. The predicted molar refractivity (Wildman–Crippen MR) is 61.6 cm³/mol. The first-order chi connectivity index (χ1) is 7.75. The number of rotatable bonds is 2. The zero-order valence-corrected chi connectivity index (χ0v) is 9.12. The summed E-state index contributed by atoms with van der Waals surface area (Å²) >= 11 is 0. The van der Waals surface area contributed by atoms with Gasteiger partial charge in [-0.05, 0) is 18.6 Å². The fourth-order valence-corrected chi connectivity index (χ4v) is 2.01. The van der Waals surface area contributed by atoms with Crippen molar-refractivity contribution in [3.63, 3.8) is 0 Å². The first kappa shape index (κ1) is 9.60. The number of furan rings is 1. The highest BCUT2D eigenvalue weighted by Gasteiger charge is 2.28. The molecule has 1 N–H and O–H groups in total. The van der Waals surface area contributed by atoms with Crippen LogP contribution in [0.3, 0.4) is 0 Å². The summed E-state index contributed by atoms with van der Waals surface area (Å²) in [4.78, 5) is 12.0. The lowest BCUT2D eigenvalue weighted by molar-refractivity contribution is 0.0851. The average molecular weight is 215 g/mol. The number of hydrogen-bond donors (Lipinski definition) is 1. The summed E-state index contributed by atoms with van der Waals surface area (Å²) in [6, 6.07) is 7.79. The van der Waals surface area contributed by atoms with Crippen molar-refractivity contribution in [3.8, 4) is 0 Å². The van der Waals surface area contributed by atoms with Gasteiger partial charge >= 0.3 is 0 Å². The van der Waals surface area contributed by atoms with Crippen molar-refractivity contribution in [2.75, 3.05) is 13.1 Å². The molecule has 0 bridgehead atoms. The zero-order chi connectivity index (χ0) is 11.1. The van der Waals surface area contributed by atoms with Gasteiger partial charge in [0.1, 0.15) is 5.58 Å². The van der Waals surface area contributed by atoms with E-state index in [4.69, 9.17) is 4.42 Å². The van der Waals surface area contributed by atoms with E-state index in [2.05, 4.69) is 5.32 Å². The molecule has 1 aliphatic heterocycles. The molecule has 0 saturated carbocycles. The molecule has 82 valence electrons. The molecule has 1 aromatic heterocycles. The van der Waals surface area contributed by atoms with Gasteiger partial charge < -0.3 is 9.73 Å². The van der Waals surface area contributed by atoms with Gasteiger partial charge in [-0.15, -0.1) is 0 Å². The molecule has 1 fully saturated rings. The number of hydrogen-bond acceptors (Lipinski definition) is 3. The molecule has 0 amide bonds. The fraction of sp³-hybridized carbons (Fsp3) is 0.308. The maximum Gasteiger partial charge on any atom is 0.203 e. The van der Waals surface area contributed by atoms with Crippen LogP contribution in [-0.2, 0) is 0 Å². The third-order valence-electron chi connectivity index (χ3n) is 3.14. The van der Waals surface area contributed by atoms with Gasteiger partial charge in [0.15, 0.2) is 5.76 Å². The summed E-state index contributed by atoms with van der Waals surface area (Å²) in [7, 11) is 0. The van der Waals surface area contributed by atoms with Gasteiger partial charge in [0.25, 0.3) is 0 Å². The normalized spacial score (nSPS) is 16.3. The van der Waals surface area contributed by atoms with E-state index in [0.29, 0.717) is 5.76 Å². The van der Waals surface area contributed by atoms with E-state index in [1.165, 1.54) is 0 Å². The Labute approximate surface area is 93.4 Å². The zero-order valence-electron chi connectivity index (χ0n) is 9.12. The Morgan fingerprint density at radius 3 is 2.88 bits per heavy atom. The molecule has 1 saturated heterocycles. The van der Waals surface area contributed by atoms with E-state index < -0.39 is 0 Å². The van der Waals surface area contributed by atoms with Crippen molar-refractivity contribution in [2.24, 2.45) is 5.92 Å². The Hall–Kier alpha value is -1.61. The van der Waals surface area contributed by atoms with Crippen molar-refractivity contribution in [3.05, 3.63) is 35.6 Å². The second-order valence-corrected chi connectivity index (χ2v) is 4.32. The van der Waals surface area contributed by atoms with Gasteiger partial charge in [0, 0.05) is 18.5 Å². The van der Waals surface area contributed by atoms with Gasteiger partial charge in [0.2, 0.25) is 5.78 Å². The SMILES string of the molecule is Cc1cccc2cc(C(=O)C3CNC3)oc12. The summed E-state index contributed by atoms with van der Waals surface area (Å²) in [6.45, 7) is 3.54. The number of nitrogens with one attached hydrogen (secondary N) is 1. The molecule has 0 spiro atoms. The van der Waals surface area contributed by atoms with E-state index in [1.54, 1.807) is 0 Å². The first-order valence-electron chi connectivity index (χ1n) is 5.50. The molecule has 0 atom stereocenters. The number of aryl methyl sites for hydroxylation is 1. The Bertz CT molecular complexity index is 552. The highest BCUT2D eigenvalue weighted by molar-refractivity contribution is 6.00. The Morgan fingerprint density at radius 1 is 1.44 bits per heavy atom. The van der Waals surface area contributed by atoms with Crippen molar-refractivity contribution >= 4 is 16.8 Å². The van der Waals surface area contributed by atoms with E-state index in [1.807, 2.05) is 31.2 Å². The molecule has 16 heavy (non-hydrogen) atoms. The van der Waals surface area contributed by atoms with E-state index in [9.17, 15) is 4.79 Å². The summed E-state index contributed by atoms with van der Waals surface area (Å²) in [5.74, 6) is 0.714. The predicted octanol–water partition coefficient (Wildman–Crippen LogP) is 2.14. The van der Waals surface area contributed by atoms with Crippen LogP contribution in [0.4, 0.5) is 0 Å². The highest BCUT2D eigenvalue weighted by atomic mass is 16.3. The maximum absolute atomic E-state index is 12.0. The molecule has 3 nitrogen and oxygen atoms in total. The molecule has 0 unspecified atom stereocenters. The van der Waals surface area contributed by atoms with Gasteiger partial charge in [-0.2, -0.15) is 0 Å². The lowest BCUT2D eigenvalue weighted by Gasteiger charge is -2.24. The quantitative estimate of drug-likeness (QED) is 0.780. The van der Waals surface area contributed by atoms with Crippen LogP contribution >= 0.6 is 0 Å². The summed E-state index contributed by atoms with van der Waals surface area (Å²) in [5, 5.41) is 4.10. The molecule has 3 rings (SSSR count). The lowest BCUT2D eigenvalue weighted by atomic mass is 9.96. The standard InChI is InChI=1S/C13H13NO2/c1-8-3-2-4-9-5-11(16-13(8)9)12(15)10-6-14-7-10/h2-5,10,14H,6-7H2,1H3. The summed E-state index contributed by atoms with van der Waals surface area (Å²) in [6.07, 6.45) is 0. The van der Waals surface area contributed by atoms with Crippen molar-refractivity contribution in [1.82, 2.24) is 5.32 Å². The minimum atomic E-state index is 0.0980. The van der Waals surface area contributed by atoms with Crippen LogP contribution in [-0.4, -0.2) is 18.9 Å². The lowest BCUT2D eigenvalue weighted by Crippen LogP contribution is -2.46. The second kappa shape index (κ2) is 3.46. The minimum Gasteiger partial charge on any atom is -0.453 e. The Balaban J connectivity index is 2.04. The second-order valence-electron chi connectivity index (χ2n) is 4.32. The molecular weight excluding hydrogens is 202 g/mol. The molecule has 0 radical (unpaired) electrons. The molecule has 1 aliphatic rings. The van der Waals surface area contributed by atoms with Crippen LogP contribution in [0.25, 0.3) is 11.0 Å². The number of benzene rings is 1. The number of carbonyl (C=O) groups is 1. The van der Waals surface area contributed by atoms with Crippen molar-refractivity contribution < 1.29 is 9.21 Å². The van der Waals surface area contributed by atoms with E-state index in [-0.39, 0.29) is 11.7 Å². The number of Topliss-reactive ketones (excluding diaryl/α,β-unsaturated/α-hetero) is 1. The summed E-state index contributed by atoms with van der Waals surface area (Å²) in [5.41, 5.74) is 1.90. The van der Waals surface area contributed by atoms with Crippen LogP contribution in [0.5, 0.6) is 0 Å². The number of carbonyl (C=O) groups excluding carboxylic acids is 1. The highest BCUT2D eigenvalue weighted by Crippen LogP contribution is 2.24. The number of fused-ring (bicyclic) bond motifs is 1. The third-order valence-corrected chi connectivity index (χ3v) is 3.14. The topological polar surface area (TPSA) is 42.2 Å². The molecule has 2 heterocycles. The molecule has 2 aromatic rings. The van der Waals surface area contributed by atoms with Crippen LogP contribution in [0.2, 0.25) is 0 Å². The third kappa shape index (κ3) is 1.36. The fourth-order valence-electron chi connectivity index (χ4n) is 2.01. The van der Waals surface area contributed by atoms with Gasteiger partial charge in [-0.1, -0.05) is 18.2 Å². The monoisotopic (exact) mass is 215 g/mol. The van der Waals surface area contributed by atoms with E-state index >= 15 is 0 Å². The van der Waals surface area contributed by atoms with Crippen LogP contribution in [0.1, 0.15) is 16.1 Å².